The number of sulfone groups is 1. The molecule has 0 fully saturated rings. The molecule has 0 saturated heterocycles. The van der Waals surface area contributed by atoms with E-state index in [1.54, 1.807) is 37.4 Å². The lowest BCUT2D eigenvalue weighted by Crippen LogP contribution is -2.16. The van der Waals surface area contributed by atoms with Crippen molar-refractivity contribution in [2.75, 3.05) is 19.5 Å². The maximum absolute atomic E-state index is 12.4. The molecule has 0 amide bonds. The first kappa shape index (κ1) is 18.5. The highest BCUT2D eigenvalue weighted by Crippen LogP contribution is 2.23. The predicted octanol–water partition coefficient (Wildman–Crippen LogP) is 3.89. The minimum Gasteiger partial charge on any atom is -0.497 e. The normalized spacial score (nSPS) is 11.5. The molecule has 0 aliphatic rings. The Balaban J connectivity index is 1.64. The summed E-state index contributed by atoms with van der Waals surface area (Å²) in [6, 6.07) is 16.2. The molecule has 0 radical (unpaired) electrons. The van der Waals surface area contributed by atoms with Gasteiger partial charge in [-0.05, 0) is 36.4 Å². The van der Waals surface area contributed by atoms with Gasteiger partial charge in [-0.1, -0.05) is 29.8 Å². The number of benzene rings is 2. The minimum atomic E-state index is -3.38. The van der Waals surface area contributed by atoms with Crippen LogP contribution < -0.4 is 9.47 Å². The number of hydrogen-bond donors (Lipinski definition) is 0. The number of halogens is 1. The molecule has 0 saturated carbocycles. The van der Waals surface area contributed by atoms with Gasteiger partial charge >= 0.3 is 0 Å². The Morgan fingerprint density at radius 1 is 1.04 bits per heavy atom. The second kappa shape index (κ2) is 7.93. The van der Waals surface area contributed by atoms with Gasteiger partial charge in [-0.25, -0.2) is 13.4 Å². The molecule has 1 heterocycles. The number of methoxy groups -OCH3 is 1. The van der Waals surface area contributed by atoms with Gasteiger partial charge in [0, 0.05) is 10.9 Å². The highest BCUT2D eigenvalue weighted by Gasteiger charge is 2.16. The van der Waals surface area contributed by atoms with Gasteiger partial charge in [0.15, 0.2) is 9.84 Å². The topological polar surface area (TPSA) is 65.5 Å². The van der Waals surface area contributed by atoms with E-state index >= 15 is 0 Å². The van der Waals surface area contributed by atoms with Crippen molar-refractivity contribution in [1.29, 1.82) is 0 Å². The lowest BCUT2D eigenvalue weighted by Gasteiger charge is -2.09. The summed E-state index contributed by atoms with van der Waals surface area (Å²) < 4.78 is 35.3. The van der Waals surface area contributed by atoms with E-state index in [-0.39, 0.29) is 23.3 Å². The average Bonchev–Trinajstić information content (AvgIpc) is 2.62. The first-order valence-corrected chi connectivity index (χ1v) is 10.2. The Kier molecular flexibility index (Phi) is 5.64. The van der Waals surface area contributed by atoms with Gasteiger partial charge in [-0.3, -0.25) is 0 Å². The first-order chi connectivity index (χ1) is 12.5. The van der Waals surface area contributed by atoms with Crippen LogP contribution in [0.25, 0.3) is 10.9 Å². The van der Waals surface area contributed by atoms with Crippen LogP contribution in [0.3, 0.4) is 0 Å². The number of hydrogen-bond acceptors (Lipinski definition) is 5. The zero-order chi connectivity index (χ0) is 18.6. The largest absolute Gasteiger partial charge is 0.497 e. The number of rotatable bonds is 7. The molecule has 3 aromatic rings. The van der Waals surface area contributed by atoms with E-state index in [1.807, 2.05) is 24.3 Å². The van der Waals surface area contributed by atoms with Crippen molar-refractivity contribution in [2.24, 2.45) is 0 Å². The zero-order valence-electron chi connectivity index (χ0n) is 14.2. The molecule has 0 aliphatic carbocycles. The zero-order valence-corrected chi connectivity index (χ0v) is 15.8. The molecule has 0 atom stereocenters. The van der Waals surface area contributed by atoms with Crippen molar-refractivity contribution in [1.82, 2.24) is 4.98 Å². The van der Waals surface area contributed by atoms with Crippen LogP contribution in [0.15, 0.2) is 54.6 Å². The van der Waals surface area contributed by atoms with Gasteiger partial charge in [0.1, 0.15) is 23.3 Å². The maximum atomic E-state index is 12.4. The van der Waals surface area contributed by atoms with Gasteiger partial charge in [-0.15, -0.1) is 0 Å². The van der Waals surface area contributed by atoms with Crippen molar-refractivity contribution < 1.29 is 17.9 Å². The number of para-hydroxylation sites is 1. The Bertz CT molecular complexity index is 1000. The highest BCUT2D eigenvalue weighted by molar-refractivity contribution is 7.90. The van der Waals surface area contributed by atoms with E-state index in [1.165, 1.54) is 0 Å². The Morgan fingerprint density at radius 3 is 2.46 bits per heavy atom. The number of nitrogens with zero attached hydrogens (tertiary/aromatic N) is 1. The monoisotopic (exact) mass is 391 g/mol. The summed E-state index contributed by atoms with van der Waals surface area (Å²) >= 11 is 6.15. The molecule has 2 aromatic carbocycles. The third-order valence-corrected chi connectivity index (χ3v) is 5.71. The smallest absolute Gasteiger partial charge is 0.157 e. The molecule has 0 aliphatic heterocycles. The quantitative estimate of drug-likeness (QED) is 0.571. The van der Waals surface area contributed by atoms with E-state index in [0.29, 0.717) is 17.1 Å². The molecular formula is C19H18ClNO4S. The number of fused-ring (bicyclic) bond motifs is 1. The third kappa shape index (κ3) is 4.65. The molecular weight excluding hydrogens is 374 g/mol. The van der Waals surface area contributed by atoms with E-state index < -0.39 is 9.84 Å². The van der Waals surface area contributed by atoms with Crippen LogP contribution in [-0.2, 0) is 15.6 Å². The SMILES string of the molecule is COc1ccc(OCCS(=O)(=O)Cc2cc3ccccc3nc2Cl)cc1. The van der Waals surface area contributed by atoms with E-state index in [2.05, 4.69) is 4.98 Å². The summed E-state index contributed by atoms with van der Waals surface area (Å²) in [5, 5.41) is 1.07. The van der Waals surface area contributed by atoms with Gasteiger partial charge in [0.2, 0.25) is 0 Å². The van der Waals surface area contributed by atoms with Gasteiger partial charge in [0.05, 0.1) is 24.1 Å². The molecule has 0 spiro atoms. The Hall–Kier alpha value is -2.31. The third-order valence-electron chi connectivity index (χ3n) is 3.85. The lowest BCUT2D eigenvalue weighted by molar-refractivity contribution is 0.339. The predicted molar refractivity (Wildman–Crippen MR) is 103 cm³/mol. The summed E-state index contributed by atoms with van der Waals surface area (Å²) in [5.74, 6) is 1.02. The molecule has 26 heavy (non-hydrogen) atoms. The average molecular weight is 392 g/mol. The van der Waals surface area contributed by atoms with Crippen molar-refractivity contribution in [3.8, 4) is 11.5 Å². The molecule has 0 N–H and O–H groups in total. The Morgan fingerprint density at radius 2 is 1.73 bits per heavy atom. The van der Waals surface area contributed by atoms with Crippen molar-refractivity contribution in [3.63, 3.8) is 0 Å². The van der Waals surface area contributed by atoms with Crippen LogP contribution in [0.5, 0.6) is 11.5 Å². The summed E-state index contributed by atoms with van der Waals surface area (Å²) in [6.07, 6.45) is 0. The molecule has 0 bridgehead atoms. The van der Waals surface area contributed by atoms with Crippen LogP contribution in [0.4, 0.5) is 0 Å². The summed E-state index contributed by atoms with van der Waals surface area (Å²) in [4.78, 5) is 4.26. The number of ether oxygens (including phenoxy) is 2. The molecule has 3 rings (SSSR count). The van der Waals surface area contributed by atoms with Crippen molar-refractivity contribution in [2.45, 2.75) is 5.75 Å². The van der Waals surface area contributed by atoms with Gasteiger partial charge in [-0.2, -0.15) is 0 Å². The number of pyridine rings is 1. The number of aromatic nitrogens is 1. The standard InChI is InChI=1S/C19H18ClNO4S/c1-24-16-6-8-17(9-7-16)25-10-11-26(22,23)13-15-12-14-4-2-3-5-18(14)21-19(15)20/h2-9,12H,10-11,13H2,1H3. The van der Waals surface area contributed by atoms with E-state index in [9.17, 15) is 8.42 Å². The van der Waals surface area contributed by atoms with Crippen molar-refractivity contribution >= 4 is 32.3 Å². The second-order valence-electron chi connectivity index (χ2n) is 5.75. The van der Waals surface area contributed by atoms with E-state index in [0.717, 1.165) is 10.9 Å². The Labute approximate surface area is 157 Å². The molecule has 0 unspecified atom stereocenters. The van der Waals surface area contributed by atoms with Gasteiger partial charge < -0.3 is 9.47 Å². The van der Waals surface area contributed by atoms with Crippen LogP contribution >= 0.6 is 11.6 Å². The summed E-state index contributed by atoms with van der Waals surface area (Å²) in [6.45, 7) is 0.0628. The highest BCUT2D eigenvalue weighted by atomic mass is 35.5. The van der Waals surface area contributed by atoms with E-state index in [4.69, 9.17) is 21.1 Å². The molecule has 1 aromatic heterocycles. The fourth-order valence-corrected chi connectivity index (χ4v) is 3.97. The summed E-state index contributed by atoms with van der Waals surface area (Å²) in [5.41, 5.74) is 1.23. The minimum absolute atomic E-state index is 0.0628. The summed E-state index contributed by atoms with van der Waals surface area (Å²) in [7, 11) is -1.80. The van der Waals surface area contributed by atoms with Gasteiger partial charge in [0.25, 0.3) is 0 Å². The molecule has 7 heteroatoms. The van der Waals surface area contributed by atoms with Crippen LogP contribution in [0.1, 0.15) is 5.56 Å². The molecule has 5 nitrogen and oxygen atoms in total. The maximum Gasteiger partial charge on any atom is 0.157 e. The van der Waals surface area contributed by atoms with Crippen LogP contribution in [0.2, 0.25) is 5.15 Å². The fourth-order valence-electron chi connectivity index (χ4n) is 2.50. The van der Waals surface area contributed by atoms with Crippen LogP contribution in [0, 0.1) is 0 Å². The lowest BCUT2D eigenvalue weighted by atomic mass is 10.2. The first-order valence-electron chi connectivity index (χ1n) is 7.98. The van der Waals surface area contributed by atoms with Crippen molar-refractivity contribution in [3.05, 3.63) is 65.3 Å². The van der Waals surface area contributed by atoms with Crippen LogP contribution in [-0.4, -0.2) is 32.9 Å². The molecule has 136 valence electrons. The fraction of sp³-hybridized carbons (Fsp3) is 0.211. The second-order valence-corrected chi connectivity index (χ2v) is 8.29.